The zero-order valence-electron chi connectivity index (χ0n) is 13.7. The first-order chi connectivity index (χ1) is 10.6. The van der Waals surface area contributed by atoms with Gasteiger partial charge in [0.25, 0.3) is 0 Å². The van der Waals surface area contributed by atoms with Crippen molar-refractivity contribution in [1.82, 2.24) is 15.6 Å². The molecule has 1 aliphatic carbocycles. The Balaban J connectivity index is 1.50. The predicted octanol–water partition coefficient (Wildman–Crippen LogP) is 1.60. The van der Waals surface area contributed by atoms with Crippen LogP contribution in [0.5, 0.6) is 0 Å². The van der Waals surface area contributed by atoms with Crippen LogP contribution in [-0.4, -0.2) is 43.3 Å². The van der Waals surface area contributed by atoms with Crippen LogP contribution in [0, 0.1) is 11.3 Å². The zero-order chi connectivity index (χ0) is 15.6. The Morgan fingerprint density at radius 3 is 3.05 bits per heavy atom. The van der Waals surface area contributed by atoms with Gasteiger partial charge in [0, 0.05) is 55.9 Å². The summed E-state index contributed by atoms with van der Waals surface area (Å²) in [5.41, 5.74) is 1.26. The summed E-state index contributed by atoms with van der Waals surface area (Å²) in [7, 11) is 1.82. The highest BCUT2D eigenvalue weighted by Gasteiger charge is 2.59. The molecular formula is C17H26N4O. The number of guanidine groups is 1. The third kappa shape index (κ3) is 2.82. The molecule has 0 spiro atoms. The van der Waals surface area contributed by atoms with E-state index in [1.807, 2.05) is 31.4 Å². The van der Waals surface area contributed by atoms with Crippen molar-refractivity contribution >= 4 is 5.96 Å². The maximum Gasteiger partial charge on any atom is 0.191 e. The van der Waals surface area contributed by atoms with Crippen molar-refractivity contribution in [3.8, 4) is 0 Å². The van der Waals surface area contributed by atoms with E-state index < -0.39 is 0 Å². The molecule has 1 saturated carbocycles. The molecule has 2 heterocycles. The van der Waals surface area contributed by atoms with Crippen LogP contribution in [0.1, 0.15) is 26.0 Å². The van der Waals surface area contributed by atoms with Gasteiger partial charge in [-0.2, -0.15) is 0 Å². The van der Waals surface area contributed by atoms with E-state index in [9.17, 15) is 0 Å². The van der Waals surface area contributed by atoms with Gasteiger partial charge in [0.1, 0.15) is 0 Å². The highest BCUT2D eigenvalue weighted by atomic mass is 16.5. The van der Waals surface area contributed by atoms with Gasteiger partial charge in [-0.05, 0) is 18.6 Å². The fourth-order valence-corrected chi connectivity index (χ4v) is 3.81. The molecule has 0 radical (unpaired) electrons. The molecule has 2 N–H and O–H groups in total. The van der Waals surface area contributed by atoms with Gasteiger partial charge in [-0.15, -0.1) is 0 Å². The van der Waals surface area contributed by atoms with E-state index in [0.29, 0.717) is 18.1 Å². The fraction of sp³-hybridized carbons (Fsp3) is 0.647. The Labute approximate surface area is 132 Å². The second-order valence-corrected chi connectivity index (χ2v) is 6.76. The summed E-state index contributed by atoms with van der Waals surface area (Å²) in [5, 5.41) is 6.98. The number of rotatable bonds is 4. The maximum atomic E-state index is 5.84. The van der Waals surface area contributed by atoms with Crippen molar-refractivity contribution in [3.63, 3.8) is 0 Å². The van der Waals surface area contributed by atoms with Crippen LogP contribution in [0.25, 0.3) is 0 Å². The van der Waals surface area contributed by atoms with Crippen LogP contribution in [-0.2, 0) is 11.2 Å². The highest BCUT2D eigenvalue weighted by Crippen LogP contribution is 2.51. The number of pyridine rings is 1. The maximum absolute atomic E-state index is 5.84. The predicted molar refractivity (Wildman–Crippen MR) is 87.9 cm³/mol. The second-order valence-electron chi connectivity index (χ2n) is 6.76. The topological polar surface area (TPSA) is 58.5 Å². The minimum Gasteiger partial charge on any atom is -0.377 e. The van der Waals surface area contributed by atoms with E-state index >= 15 is 0 Å². The van der Waals surface area contributed by atoms with Gasteiger partial charge in [-0.1, -0.05) is 19.9 Å². The Bertz CT molecular complexity index is 529. The molecule has 22 heavy (non-hydrogen) atoms. The minimum absolute atomic E-state index is 0.166. The monoisotopic (exact) mass is 302 g/mol. The molecule has 0 amide bonds. The van der Waals surface area contributed by atoms with Gasteiger partial charge < -0.3 is 15.4 Å². The summed E-state index contributed by atoms with van der Waals surface area (Å²) >= 11 is 0. The summed E-state index contributed by atoms with van der Waals surface area (Å²) < 4.78 is 5.84. The van der Waals surface area contributed by atoms with E-state index in [4.69, 9.17) is 4.74 Å². The summed E-state index contributed by atoms with van der Waals surface area (Å²) in [6, 6.07) is 6.44. The smallest absolute Gasteiger partial charge is 0.191 e. The van der Waals surface area contributed by atoms with Gasteiger partial charge in [0.2, 0.25) is 0 Å². The lowest BCUT2D eigenvalue weighted by molar-refractivity contribution is -0.106. The van der Waals surface area contributed by atoms with Crippen LogP contribution >= 0.6 is 0 Å². The quantitative estimate of drug-likeness (QED) is 0.655. The third-order valence-electron chi connectivity index (χ3n) is 5.02. The number of hydrogen-bond acceptors (Lipinski definition) is 3. The standard InChI is InChI=1S/C17H26N4O/c1-17(2)14(13-8-11-22-15(13)17)21-16(18-3)20-10-7-12-6-4-5-9-19-12/h4-6,9,13-15H,7-8,10-11H2,1-3H3,(H2,18,20,21). The third-order valence-corrected chi connectivity index (χ3v) is 5.02. The first-order valence-electron chi connectivity index (χ1n) is 8.11. The lowest BCUT2D eigenvalue weighted by Gasteiger charge is -2.54. The summed E-state index contributed by atoms with van der Waals surface area (Å²) in [5.74, 6) is 1.49. The van der Waals surface area contributed by atoms with Crippen molar-refractivity contribution in [3.05, 3.63) is 30.1 Å². The van der Waals surface area contributed by atoms with Gasteiger partial charge >= 0.3 is 0 Å². The molecule has 2 aliphatic rings. The Kier molecular flexibility index (Phi) is 4.34. The average molecular weight is 302 g/mol. The Hall–Kier alpha value is -1.62. The second kappa shape index (κ2) is 6.24. The highest BCUT2D eigenvalue weighted by molar-refractivity contribution is 5.80. The lowest BCUT2D eigenvalue weighted by Crippen LogP contribution is -2.68. The van der Waals surface area contributed by atoms with E-state index in [2.05, 4.69) is 34.5 Å². The van der Waals surface area contributed by atoms with Crippen molar-refractivity contribution in [2.75, 3.05) is 20.2 Å². The molecule has 0 bridgehead atoms. The summed E-state index contributed by atoms with van der Waals surface area (Å²) in [6.45, 7) is 6.27. The van der Waals surface area contributed by atoms with Crippen molar-refractivity contribution in [2.24, 2.45) is 16.3 Å². The van der Waals surface area contributed by atoms with Crippen LogP contribution in [0.4, 0.5) is 0 Å². The Morgan fingerprint density at radius 1 is 1.45 bits per heavy atom. The SMILES string of the molecule is CN=C(NCCc1ccccn1)NC1C2CCOC2C1(C)C. The van der Waals surface area contributed by atoms with Crippen molar-refractivity contribution < 1.29 is 4.74 Å². The molecule has 1 aromatic rings. The molecular weight excluding hydrogens is 276 g/mol. The molecule has 1 aromatic heterocycles. The van der Waals surface area contributed by atoms with Gasteiger partial charge in [0.05, 0.1) is 6.10 Å². The van der Waals surface area contributed by atoms with E-state index in [-0.39, 0.29) is 5.41 Å². The average Bonchev–Trinajstić information content (AvgIpc) is 2.98. The minimum atomic E-state index is 0.166. The van der Waals surface area contributed by atoms with E-state index in [1.54, 1.807) is 0 Å². The number of aliphatic imine (C=N–C) groups is 1. The van der Waals surface area contributed by atoms with Crippen molar-refractivity contribution in [2.45, 2.75) is 38.8 Å². The number of hydrogen-bond donors (Lipinski definition) is 2. The van der Waals surface area contributed by atoms with Crippen LogP contribution in [0.3, 0.4) is 0 Å². The zero-order valence-corrected chi connectivity index (χ0v) is 13.7. The molecule has 3 atom stereocenters. The molecule has 5 nitrogen and oxygen atoms in total. The molecule has 1 aliphatic heterocycles. The number of aromatic nitrogens is 1. The van der Waals surface area contributed by atoms with Gasteiger partial charge in [-0.25, -0.2) is 0 Å². The van der Waals surface area contributed by atoms with E-state index in [0.717, 1.165) is 37.6 Å². The number of ether oxygens (including phenoxy) is 1. The normalized spacial score (nSPS) is 29.6. The van der Waals surface area contributed by atoms with Crippen LogP contribution in [0.2, 0.25) is 0 Å². The first kappa shape index (κ1) is 15.3. The summed E-state index contributed by atoms with van der Waals surface area (Å²) in [6.07, 6.45) is 4.28. The molecule has 3 unspecified atom stereocenters. The molecule has 120 valence electrons. The van der Waals surface area contributed by atoms with Gasteiger partial charge in [0.15, 0.2) is 5.96 Å². The first-order valence-corrected chi connectivity index (χ1v) is 8.11. The molecule has 2 fully saturated rings. The number of nitrogens with zero attached hydrogens (tertiary/aromatic N) is 2. The van der Waals surface area contributed by atoms with E-state index in [1.165, 1.54) is 0 Å². The summed E-state index contributed by atoms with van der Waals surface area (Å²) in [4.78, 5) is 8.69. The fourth-order valence-electron chi connectivity index (χ4n) is 3.81. The molecule has 1 saturated heterocycles. The van der Waals surface area contributed by atoms with Crippen LogP contribution < -0.4 is 10.6 Å². The van der Waals surface area contributed by atoms with Crippen molar-refractivity contribution in [1.29, 1.82) is 0 Å². The molecule has 3 rings (SSSR count). The molecule has 5 heteroatoms. The lowest BCUT2D eigenvalue weighted by atomic mass is 9.57. The Morgan fingerprint density at radius 2 is 2.32 bits per heavy atom. The number of nitrogens with one attached hydrogen (secondary N) is 2. The van der Waals surface area contributed by atoms with Crippen LogP contribution in [0.15, 0.2) is 29.4 Å². The largest absolute Gasteiger partial charge is 0.377 e. The number of fused-ring (bicyclic) bond motifs is 1. The molecule has 0 aromatic carbocycles. The van der Waals surface area contributed by atoms with Gasteiger partial charge in [-0.3, -0.25) is 9.98 Å².